The number of nitrogens with zero attached hydrogens (tertiary/aromatic N) is 2. The average molecular weight is 325 g/mol. The van der Waals surface area contributed by atoms with Crippen molar-refractivity contribution < 1.29 is 9.59 Å². The molecule has 2 aromatic rings. The van der Waals surface area contributed by atoms with Crippen molar-refractivity contribution in [1.82, 2.24) is 9.88 Å². The maximum Gasteiger partial charge on any atom is 0.255 e. The first-order valence-corrected chi connectivity index (χ1v) is 8.17. The number of carbonyl (C=O) groups is 2. The molecule has 1 atom stereocenters. The highest BCUT2D eigenvalue weighted by molar-refractivity contribution is 5.95. The fourth-order valence-corrected chi connectivity index (χ4v) is 2.53. The lowest BCUT2D eigenvalue weighted by molar-refractivity contribution is -0.117. The van der Waals surface area contributed by atoms with Crippen LogP contribution in [0.4, 0.5) is 5.69 Å². The van der Waals surface area contributed by atoms with Gasteiger partial charge in [0, 0.05) is 37.1 Å². The van der Waals surface area contributed by atoms with Crippen molar-refractivity contribution in [2.24, 2.45) is 0 Å². The van der Waals surface area contributed by atoms with E-state index in [0.717, 1.165) is 12.1 Å². The van der Waals surface area contributed by atoms with Crippen LogP contribution in [0.15, 0.2) is 54.9 Å². The zero-order chi connectivity index (χ0) is 17.4. The zero-order valence-electron chi connectivity index (χ0n) is 14.1. The largest absolute Gasteiger partial charge is 0.335 e. The molecule has 0 saturated heterocycles. The fourth-order valence-electron chi connectivity index (χ4n) is 2.53. The van der Waals surface area contributed by atoms with Crippen molar-refractivity contribution in [2.45, 2.75) is 32.7 Å². The molecule has 0 saturated carbocycles. The zero-order valence-corrected chi connectivity index (χ0v) is 14.1. The molecule has 1 aromatic heterocycles. The molecule has 5 heteroatoms. The molecule has 5 nitrogen and oxygen atoms in total. The maximum atomic E-state index is 12.7. The van der Waals surface area contributed by atoms with Gasteiger partial charge in [-0.25, -0.2) is 0 Å². The molecule has 2 amide bonds. The monoisotopic (exact) mass is 325 g/mol. The lowest BCUT2D eigenvalue weighted by atomic mass is 10.1. The molecule has 1 heterocycles. The Hall–Kier alpha value is -2.69. The van der Waals surface area contributed by atoms with Gasteiger partial charge >= 0.3 is 0 Å². The van der Waals surface area contributed by atoms with Crippen molar-refractivity contribution >= 4 is 17.5 Å². The van der Waals surface area contributed by atoms with Crippen LogP contribution in [-0.4, -0.2) is 34.3 Å². The molecular weight excluding hydrogens is 302 g/mol. The minimum Gasteiger partial charge on any atom is -0.335 e. The molecule has 1 N–H and O–H groups in total. The minimum absolute atomic E-state index is 0.0926. The van der Waals surface area contributed by atoms with E-state index in [1.54, 1.807) is 29.4 Å². The third-order valence-electron chi connectivity index (χ3n) is 3.70. The number of hydrogen-bond acceptors (Lipinski definition) is 3. The topological polar surface area (TPSA) is 62.3 Å². The van der Waals surface area contributed by atoms with Crippen LogP contribution in [-0.2, 0) is 4.79 Å². The van der Waals surface area contributed by atoms with Crippen molar-refractivity contribution in [3.05, 3.63) is 60.4 Å². The van der Waals surface area contributed by atoms with Crippen LogP contribution in [0, 0.1) is 0 Å². The summed E-state index contributed by atoms with van der Waals surface area (Å²) >= 11 is 0. The molecule has 1 aromatic carbocycles. The molecule has 0 aliphatic rings. The summed E-state index contributed by atoms with van der Waals surface area (Å²) in [4.78, 5) is 30.6. The van der Waals surface area contributed by atoms with Gasteiger partial charge in [-0.05, 0) is 37.6 Å². The quantitative estimate of drug-likeness (QED) is 0.849. The lowest BCUT2D eigenvalue weighted by Crippen LogP contribution is -2.41. The number of hydrogen-bond donors (Lipinski definition) is 1. The Balaban J connectivity index is 2.02. The Morgan fingerprint density at radius 1 is 1.17 bits per heavy atom. The van der Waals surface area contributed by atoms with Crippen LogP contribution in [0.5, 0.6) is 0 Å². The standard InChI is InChI=1S/C19H23N3O2/c1-3-12-22(19(24)16-8-7-11-20-14-16)15(2)13-18(23)21-17-9-5-4-6-10-17/h4-11,14-15H,3,12-13H2,1-2H3,(H,21,23)/t15-/m0/s1. The van der Waals surface area contributed by atoms with E-state index in [9.17, 15) is 9.59 Å². The first-order valence-electron chi connectivity index (χ1n) is 8.17. The Morgan fingerprint density at radius 2 is 1.92 bits per heavy atom. The molecule has 0 radical (unpaired) electrons. The highest BCUT2D eigenvalue weighted by atomic mass is 16.2. The van der Waals surface area contributed by atoms with Crippen LogP contribution < -0.4 is 5.32 Å². The molecule has 0 aliphatic carbocycles. The number of rotatable bonds is 7. The Morgan fingerprint density at radius 3 is 2.54 bits per heavy atom. The van der Waals surface area contributed by atoms with Gasteiger partial charge < -0.3 is 10.2 Å². The van der Waals surface area contributed by atoms with Gasteiger partial charge in [0.2, 0.25) is 5.91 Å². The lowest BCUT2D eigenvalue weighted by Gasteiger charge is -2.28. The van der Waals surface area contributed by atoms with E-state index in [0.29, 0.717) is 12.1 Å². The highest BCUT2D eigenvalue weighted by Crippen LogP contribution is 2.13. The molecule has 126 valence electrons. The second-order valence-electron chi connectivity index (χ2n) is 5.71. The van der Waals surface area contributed by atoms with Gasteiger partial charge in [0.25, 0.3) is 5.91 Å². The van der Waals surface area contributed by atoms with Crippen LogP contribution in [0.2, 0.25) is 0 Å². The third-order valence-corrected chi connectivity index (χ3v) is 3.70. The van der Waals surface area contributed by atoms with Crippen LogP contribution in [0.3, 0.4) is 0 Å². The Labute approximate surface area is 142 Å². The molecule has 24 heavy (non-hydrogen) atoms. The van der Waals surface area contributed by atoms with Gasteiger partial charge in [-0.3, -0.25) is 14.6 Å². The van der Waals surface area contributed by atoms with Crippen LogP contribution in [0.1, 0.15) is 37.0 Å². The molecule has 0 spiro atoms. The van der Waals surface area contributed by atoms with E-state index < -0.39 is 0 Å². The number of pyridine rings is 1. The first kappa shape index (κ1) is 17.7. The predicted octanol–water partition coefficient (Wildman–Crippen LogP) is 3.35. The molecule has 2 rings (SSSR count). The SMILES string of the molecule is CCCN(C(=O)c1cccnc1)[C@@H](C)CC(=O)Nc1ccccc1. The Kier molecular flexibility index (Phi) is 6.49. The minimum atomic E-state index is -0.193. The summed E-state index contributed by atoms with van der Waals surface area (Å²) in [6.07, 6.45) is 4.27. The molecule has 0 fully saturated rings. The van der Waals surface area contributed by atoms with Gasteiger partial charge in [0.15, 0.2) is 0 Å². The van der Waals surface area contributed by atoms with E-state index in [1.807, 2.05) is 44.2 Å². The molecule has 0 aliphatic heterocycles. The summed E-state index contributed by atoms with van der Waals surface area (Å²) in [5.74, 6) is -0.196. The smallest absolute Gasteiger partial charge is 0.255 e. The molecular formula is C19H23N3O2. The van der Waals surface area contributed by atoms with Gasteiger partial charge in [0.1, 0.15) is 0 Å². The summed E-state index contributed by atoms with van der Waals surface area (Å²) in [7, 11) is 0. The van der Waals surface area contributed by atoms with Crippen molar-refractivity contribution in [3.63, 3.8) is 0 Å². The summed E-state index contributed by atoms with van der Waals surface area (Å²) in [5, 5.41) is 2.86. The van der Waals surface area contributed by atoms with Crippen LogP contribution >= 0.6 is 0 Å². The van der Waals surface area contributed by atoms with E-state index in [2.05, 4.69) is 10.3 Å². The highest BCUT2D eigenvalue weighted by Gasteiger charge is 2.23. The predicted molar refractivity (Wildman–Crippen MR) is 94.7 cm³/mol. The molecule has 0 bridgehead atoms. The summed E-state index contributed by atoms with van der Waals surface area (Å²) in [5.41, 5.74) is 1.30. The van der Waals surface area contributed by atoms with Crippen molar-refractivity contribution in [2.75, 3.05) is 11.9 Å². The number of amides is 2. The number of nitrogens with one attached hydrogen (secondary N) is 1. The van der Waals surface area contributed by atoms with Crippen LogP contribution in [0.25, 0.3) is 0 Å². The number of aromatic nitrogens is 1. The number of benzene rings is 1. The maximum absolute atomic E-state index is 12.7. The summed E-state index contributed by atoms with van der Waals surface area (Å²) in [6.45, 7) is 4.52. The van der Waals surface area contributed by atoms with Crippen molar-refractivity contribution in [3.8, 4) is 0 Å². The normalized spacial score (nSPS) is 11.6. The van der Waals surface area contributed by atoms with Gasteiger partial charge in [0.05, 0.1) is 5.56 Å². The van der Waals surface area contributed by atoms with E-state index >= 15 is 0 Å². The summed E-state index contributed by atoms with van der Waals surface area (Å²) < 4.78 is 0. The van der Waals surface area contributed by atoms with Gasteiger partial charge in [-0.1, -0.05) is 25.1 Å². The van der Waals surface area contributed by atoms with E-state index in [1.165, 1.54) is 0 Å². The fraction of sp³-hybridized carbons (Fsp3) is 0.316. The van der Waals surface area contributed by atoms with Crippen molar-refractivity contribution in [1.29, 1.82) is 0 Å². The van der Waals surface area contributed by atoms with E-state index in [-0.39, 0.29) is 24.3 Å². The molecule has 0 unspecified atom stereocenters. The van der Waals surface area contributed by atoms with E-state index in [4.69, 9.17) is 0 Å². The number of para-hydroxylation sites is 1. The Bertz CT molecular complexity index is 659. The average Bonchev–Trinajstić information content (AvgIpc) is 2.60. The van der Waals surface area contributed by atoms with Gasteiger partial charge in [-0.15, -0.1) is 0 Å². The second-order valence-corrected chi connectivity index (χ2v) is 5.71. The third kappa shape index (κ3) is 4.91. The summed E-state index contributed by atoms with van der Waals surface area (Å²) in [6, 6.07) is 12.6. The van der Waals surface area contributed by atoms with Gasteiger partial charge in [-0.2, -0.15) is 0 Å². The first-order chi connectivity index (χ1) is 11.6. The number of carbonyl (C=O) groups excluding carboxylic acids is 2. The second kappa shape index (κ2) is 8.82. The number of anilines is 1.